The number of hydrogen-bond acceptors (Lipinski definition) is 4. The van der Waals surface area contributed by atoms with Gasteiger partial charge in [-0.1, -0.05) is 41.4 Å². The number of carbonyl (C=O) groups excluding carboxylic acids is 1. The van der Waals surface area contributed by atoms with Crippen LogP contribution in [0.1, 0.15) is 28.0 Å². The zero-order chi connectivity index (χ0) is 20.7. The van der Waals surface area contributed by atoms with E-state index in [-0.39, 0.29) is 33.0 Å². The lowest BCUT2D eigenvalue weighted by atomic mass is 9.98. The molecule has 7 nitrogen and oxygen atoms in total. The Balaban J connectivity index is 1.70. The number of anilines is 1. The summed E-state index contributed by atoms with van der Waals surface area (Å²) in [7, 11) is 0. The van der Waals surface area contributed by atoms with E-state index in [9.17, 15) is 14.9 Å². The van der Waals surface area contributed by atoms with Crippen molar-refractivity contribution in [1.82, 2.24) is 9.78 Å². The first-order valence-corrected chi connectivity index (χ1v) is 9.72. The van der Waals surface area contributed by atoms with Crippen LogP contribution in [0.2, 0.25) is 10.0 Å². The Morgan fingerprint density at radius 1 is 1.17 bits per heavy atom. The molecule has 148 valence electrons. The second-order valence-electron chi connectivity index (χ2n) is 6.80. The van der Waals surface area contributed by atoms with Gasteiger partial charge in [-0.25, -0.2) is 4.68 Å². The van der Waals surface area contributed by atoms with Crippen molar-refractivity contribution in [1.29, 1.82) is 0 Å². The normalized spacial score (nSPS) is 13.3. The van der Waals surface area contributed by atoms with Gasteiger partial charge < -0.3 is 4.90 Å². The minimum atomic E-state index is -0.574. The summed E-state index contributed by atoms with van der Waals surface area (Å²) >= 11 is 12.4. The number of fused-ring (bicyclic) bond motifs is 1. The van der Waals surface area contributed by atoms with Crippen LogP contribution in [0.4, 0.5) is 11.4 Å². The van der Waals surface area contributed by atoms with Crippen molar-refractivity contribution in [3.8, 4) is 5.69 Å². The highest BCUT2D eigenvalue weighted by Crippen LogP contribution is 2.34. The average molecular weight is 431 g/mol. The van der Waals surface area contributed by atoms with Gasteiger partial charge in [-0.2, -0.15) is 5.10 Å². The molecule has 0 aliphatic carbocycles. The summed E-state index contributed by atoms with van der Waals surface area (Å²) in [6, 6.07) is 10.0. The van der Waals surface area contributed by atoms with Gasteiger partial charge in [0.15, 0.2) is 5.69 Å². The van der Waals surface area contributed by atoms with Gasteiger partial charge >= 0.3 is 0 Å². The smallest absolute Gasteiger partial charge is 0.278 e. The number of non-ortho nitro benzene ring substituents is 1. The Hall–Kier alpha value is -2.90. The minimum Gasteiger partial charge on any atom is -0.306 e. The lowest BCUT2D eigenvalue weighted by Crippen LogP contribution is -2.36. The second-order valence-corrected chi connectivity index (χ2v) is 7.62. The highest BCUT2D eigenvalue weighted by molar-refractivity contribution is 6.38. The van der Waals surface area contributed by atoms with Gasteiger partial charge in [0.25, 0.3) is 11.6 Å². The maximum absolute atomic E-state index is 13.2. The van der Waals surface area contributed by atoms with Gasteiger partial charge in [-0.3, -0.25) is 14.9 Å². The number of carbonyl (C=O) groups is 1. The van der Waals surface area contributed by atoms with Crippen LogP contribution in [0, 0.1) is 17.0 Å². The fourth-order valence-electron chi connectivity index (χ4n) is 3.63. The van der Waals surface area contributed by atoms with Crippen LogP contribution < -0.4 is 4.90 Å². The lowest BCUT2D eigenvalue weighted by molar-refractivity contribution is -0.384. The van der Waals surface area contributed by atoms with Crippen LogP contribution in [-0.4, -0.2) is 27.2 Å². The number of hydrogen-bond donors (Lipinski definition) is 0. The van der Waals surface area contributed by atoms with Crippen LogP contribution in [0.3, 0.4) is 0 Å². The molecular weight excluding hydrogens is 415 g/mol. The molecule has 4 rings (SSSR count). The molecule has 1 aliphatic rings. The monoisotopic (exact) mass is 430 g/mol. The van der Waals surface area contributed by atoms with Crippen LogP contribution in [0.15, 0.2) is 42.6 Å². The number of benzene rings is 2. The van der Waals surface area contributed by atoms with Crippen molar-refractivity contribution < 1.29 is 9.72 Å². The number of nitrogens with zero attached hydrogens (tertiary/aromatic N) is 4. The Labute approximate surface area is 176 Å². The first-order chi connectivity index (χ1) is 13.9. The third-order valence-corrected chi connectivity index (χ3v) is 5.49. The maximum atomic E-state index is 13.2. The van der Waals surface area contributed by atoms with E-state index in [2.05, 4.69) is 5.10 Å². The average Bonchev–Trinajstić information content (AvgIpc) is 3.16. The molecular formula is C20H16Cl2N4O3. The molecule has 1 aliphatic heterocycles. The van der Waals surface area contributed by atoms with E-state index in [4.69, 9.17) is 23.2 Å². The molecule has 29 heavy (non-hydrogen) atoms. The van der Waals surface area contributed by atoms with Gasteiger partial charge in [0.05, 0.1) is 20.7 Å². The third-order valence-electron chi connectivity index (χ3n) is 4.91. The number of para-hydroxylation sites is 1. The molecule has 3 aromatic rings. The van der Waals surface area contributed by atoms with Gasteiger partial charge in [0, 0.05) is 24.9 Å². The first kappa shape index (κ1) is 19.4. The SMILES string of the molecule is Cc1cccc2c1N(C(=O)c1ccn(-c3c(Cl)cc([N+](=O)[O-])cc3Cl)n1)CCC2. The largest absolute Gasteiger partial charge is 0.306 e. The van der Waals surface area contributed by atoms with Gasteiger partial charge in [-0.05, 0) is 37.0 Å². The quantitative estimate of drug-likeness (QED) is 0.432. The van der Waals surface area contributed by atoms with E-state index in [1.54, 1.807) is 17.2 Å². The molecule has 0 radical (unpaired) electrons. The highest BCUT2D eigenvalue weighted by Gasteiger charge is 2.27. The van der Waals surface area contributed by atoms with Crippen LogP contribution in [0.5, 0.6) is 0 Å². The third kappa shape index (κ3) is 3.47. The van der Waals surface area contributed by atoms with Crippen molar-refractivity contribution in [2.75, 3.05) is 11.4 Å². The number of amides is 1. The van der Waals surface area contributed by atoms with Crippen molar-refractivity contribution in [2.24, 2.45) is 0 Å². The van der Waals surface area contributed by atoms with Gasteiger partial charge in [0.1, 0.15) is 5.69 Å². The fraction of sp³-hybridized carbons (Fsp3) is 0.200. The molecule has 2 aromatic carbocycles. The van der Waals surface area contributed by atoms with E-state index in [1.165, 1.54) is 16.8 Å². The first-order valence-electron chi connectivity index (χ1n) is 8.96. The van der Waals surface area contributed by atoms with Gasteiger partial charge in [-0.15, -0.1) is 0 Å². The van der Waals surface area contributed by atoms with Crippen molar-refractivity contribution in [2.45, 2.75) is 19.8 Å². The van der Waals surface area contributed by atoms with E-state index < -0.39 is 4.92 Å². The Kier molecular flexibility index (Phi) is 5.02. The number of nitro benzene ring substituents is 1. The summed E-state index contributed by atoms with van der Waals surface area (Å²) in [5, 5.41) is 15.5. The predicted octanol–water partition coefficient (Wildman–Crippen LogP) is 4.99. The molecule has 0 fully saturated rings. The van der Waals surface area contributed by atoms with Crippen molar-refractivity contribution >= 4 is 40.5 Å². The number of nitro groups is 1. The van der Waals surface area contributed by atoms with E-state index >= 15 is 0 Å². The Morgan fingerprint density at radius 3 is 2.59 bits per heavy atom. The van der Waals surface area contributed by atoms with Crippen LogP contribution in [-0.2, 0) is 6.42 Å². The lowest BCUT2D eigenvalue weighted by Gasteiger charge is -2.30. The zero-order valence-corrected chi connectivity index (χ0v) is 16.9. The van der Waals surface area contributed by atoms with Crippen molar-refractivity contribution in [3.63, 3.8) is 0 Å². The molecule has 1 aromatic heterocycles. The topological polar surface area (TPSA) is 81.3 Å². The van der Waals surface area contributed by atoms with Crippen LogP contribution in [0.25, 0.3) is 5.69 Å². The number of aromatic nitrogens is 2. The molecule has 0 bridgehead atoms. The predicted molar refractivity (Wildman–Crippen MR) is 111 cm³/mol. The van der Waals surface area contributed by atoms with Crippen molar-refractivity contribution in [3.05, 3.63) is 79.6 Å². The molecule has 0 saturated carbocycles. The second kappa shape index (κ2) is 7.50. The standard InChI is InChI=1S/C20H16Cl2N4O3/c1-12-4-2-5-13-6-3-8-24(18(12)13)20(27)17-7-9-25(23-17)19-15(21)10-14(26(28)29)11-16(19)22/h2,4-5,7,9-11H,3,6,8H2,1H3. The molecule has 0 spiro atoms. The summed E-state index contributed by atoms with van der Waals surface area (Å²) in [6.07, 6.45) is 3.38. The maximum Gasteiger partial charge on any atom is 0.278 e. The van der Waals surface area contributed by atoms with Crippen LogP contribution >= 0.6 is 23.2 Å². The van der Waals surface area contributed by atoms with E-state index in [1.807, 2.05) is 25.1 Å². The van der Waals surface area contributed by atoms with E-state index in [0.717, 1.165) is 29.7 Å². The molecule has 0 unspecified atom stereocenters. The number of rotatable bonds is 3. The molecule has 2 heterocycles. The van der Waals surface area contributed by atoms with E-state index in [0.29, 0.717) is 6.54 Å². The number of aryl methyl sites for hydroxylation is 2. The molecule has 0 atom stereocenters. The fourth-order valence-corrected chi connectivity index (χ4v) is 4.28. The van der Waals surface area contributed by atoms with Gasteiger partial charge in [0.2, 0.25) is 0 Å². The summed E-state index contributed by atoms with van der Waals surface area (Å²) < 4.78 is 1.37. The number of halogens is 2. The summed E-state index contributed by atoms with van der Waals surface area (Å²) in [5.74, 6) is -0.215. The Morgan fingerprint density at radius 2 is 1.90 bits per heavy atom. The molecule has 0 N–H and O–H groups in total. The minimum absolute atomic E-state index is 0.0745. The summed E-state index contributed by atoms with van der Waals surface area (Å²) in [5.41, 5.74) is 3.43. The molecule has 0 saturated heterocycles. The highest BCUT2D eigenvalue weighted by atomic mass is 35.5. The zero-order valence-electron chi connectivity index (χ0n) is 15.4. The Bertz CT molecular complexity index is 1120. The summed E-state index contributed by atoms with van der Waals surface area (Å²) in [4.78, 5) is 25.3. The summed E-state index contributed by atoms with van der Waals surface area (Å²) in [6.45, 7) is 2.60. The molecule has 1 amide bonds. The molecule has 9 heteroatoms.